The van der Waals surface area contributed by atoms with E-state index in [4.69, 9.17) is 5.73 Å². The highest BCUT2D eigenvalue weighted by Crippen LogP contribution is 2.39. The summed E-state index contributed by atoms with van der Waals surface area (Å²) in [7, 11) is 0. The average Bonchev–Trinajstić information content (AvgIpc) is 2.81. The second-order valence-corrected chi connectivity index (χ2v) is 6.01. The van der Waals surface area contributed by atoms with E-state index in [1.807, 2.05) is 12.1 Å². The number of nitrogens with one attached hydrogen (secondary N) is 1. The first-order valence-corrected chi connectivity index (χ1v) is 7.53. The van der Waals surface area contributed by atoms with Gasteiger partial charge in [-0.3, -0.25) is 5.10 Å². The van der Waals surface area contributed by atoms with E-state index >= 15 is 0 Å². The van der Waals surface area contributed by atoms with Crippen molar-refractivity contribution in [2.45, 2.75) is 13.8 Å². The van der Waals surface area contributed by atoms with Crippen LogP contribution in [0.1, 0.15) is 11.1 Å². The number of hydrogen-bond acceptors (Lipinski definition) is 2. The first kappa shape index (κ1) is 13.9. The van der Waals surface area contributed by atoms with E-state index in [1.54, 1.807) is 0 Å². The van der Waals surface area contributed by atoms with Crippen LogP contribution in [-0.4, -0.2) is 10.2 Å². The number of halogens is 1. The van der Waals surface area contributed by atoms with Gasteiger partial charge in [0.2, 0.25) is 0 Å². The van der Waals surface area contributed by atoms with Crippen molar-refractivity contribution in [1.82, 2.24) is 10.2 Å². The zero-order valence-corrected chi connectivity index (χ0v) is 13.5. The Labute approximate surface area is 132 Å². The number of hydrogen-bond donors (Lipinski definition) is 2. The number of aromatic nitrogens is 2. The quantitative estimate of drug-likeness (QED) is 0.709. The highest BCUT2D eigenvalue weighted by atomic mass is 79.9. The molecule has 0 bridgehead atoms. The van der Waals surface area contributed by atoms with Crippen LogP contribution in [0, 0.1) is 13.8 Å². The minimum Gasteiger partial charge on any atom is -0.382 e. The summed E-state index contributed by atoms with van der Waals surface area (Å²) in [6.07, 6.45) is 0. The molecule has 0 radical (unpaired) electrons. The molecule has 0 amide bonds. The van der Waals surface area contributed by atoms with Crippen LogP contribution in [0.15, 0.2) is 46.9 Å². The molecule has 1 aromatic heterocycles. The van der Waals surface area contributed by atoms with Crippen molar-refractivity contribution < 1.29 is 0 Å². The Kier molecular flexibility index (Phi) is 3.55. The molecule has 106 valence electrons. The third-order valence-electron chi connectivity index (χ3n) is 3.60. The minimum atomic E-state index is 0.520. The monoisotopic (exact) mass is 341 g/mol. The second-order valence-electron chi connectivity index (χ2n) is 5.16. The number of H-pyrrole nitrogens is 1. The molecule has 3 rings (SSSR count). The van der Waals surface area contributed by atoms with E-state index in [0.29, 0.717) is 5.82 Å². The van der Waals surface area contributed by atoms with Crippen molar-refractivity contribution in [1.29, 1.82) is 0 Å². The maximum absolute atomic E-state index is 6.10. The van der Waals surface area contributed by atoms with Crippen molar-refractivity contribution in [2.75, 3.05) is 5.73 Å². The molecule has 0 fully saturated rings. The molecule has 0 atom stereocenters. The molecule has 0 unspecified atom stereocenters. The van der Waals surface area contributed by atoms with Gasteiger partial charge in [0, 0.05) is 10.0 Å². The smallest absolute Gasteiger partial charge is 0.153 e. The van der Waals surface area contributed by atoms with Gasteiger partial charge in [0.05, 0.1) is 11.3 Å². The molecular weight excluding hydrogens is 326 g/mol. The lowest BCUT2D eigenvalue weighted by Gasteiger charge is -2.09. The number of anilines is 1. The Morgan fingerprint density at radius 3 is 2.52 bits per heavy atom. The number of benzene rings is 2. The van der Waals surface area contributed by atoms with Crippen molar-refractivity contribution in [3.63, 3.8) is 0 Å². The van der Waals surface area contributed by atoms with Crippen molar-refractivity contribution >= 4 is 21.7 Å². The normalized spacial score (nSPS) is 10.8. The van der Waals surface area contributed by atoms with Gasteiger partial charge in [-0.05, 0) is 36.6 Å². The Morgan fingerprint density at radius 1 is 1.05 bits per heavy atom. The fraction of sp³-hybridized carbons (Fsp3) is 0.118. The van der Waals surface area contributed by atoms with Gasteiger partial charge in [-0.1, -0.05) is 52.3 Å². The Bertz CT molecular complexity index is 806. The Hall–Kier alpha value is -2.07. The highest BCUT2D eigenvalue weighted by Gasteiger charge is 2.17. The van der Waals surface area contributed by atoms with Crippen LogP contribution >= 0.6 is 15.9 Å². The first-order chi connectivity index (χ1) is 10.1. The fourth-order valence-electron chi connectivity index (χ4n) is 2.50. The molecule has 21 heavy (non-hydrogen) atoms. The number of nitrogens with two attached hydrogens (primary N) is 1. The molecule has 0 aliphatic carbocycles. The molecule has 2 aromatic carbocycles. The molecule has 0 saturated heterocycles. The summed E-state index contributed by atoms with van der Waals surface area (Å²) >= 11 is 3.63. The predicted molar refractivity (Wildman–Crippen MR) is 91.0 cm³/mol. The Balaban J connectivity index is 2.25. The maximum atomic E-state index is 6.10. The molecule has 0 spiro atoms. The molecule has 3 N–H and O–H groups in total. The van der Waals surface area contributed by atoms with Crippen LogP contribution in [0.3, 0.4) is 0 Å². The third-order valence-corrected chi connectivity index (χ3v) is 4.26. The van der Waals surface area contributed by atoms with Gasteiger partial charge in [-0.25, -0.2) is 0 Å². The molecule has 3 nitrogen and oxygen atoms in total. The Morgan fingerprint density at radius 2 is 1.81 bits per heavy atom. The zero-order chi connectivity index (χ0) is 15.0. The van der Waals surface area contributed by atoms with Crippen LogP contribution < -0.4 is 5.73 Å². The van der Waals surface area contributed by atoms with Crippen LogP contribution in [-0.2, 0) is 0 Å². The van der Waals surface area contributed by atoms with Gasteiger partial charge < -0.3 is 5.73 Å². The molecule has 0 aliphatic rings. The molecule has 4 heteroatoms. The van der Waals surface area contributed by atoms with E-state index in [0.717, 1.165) is 26.9 Å². The summed E-state index contributed by atoms with van der Waals surface area (Å²) in [5, 5.41) is 7.28. The van der Waals surface area contributed by atoms with Gasteiger partial charge in [-0.15, -0.1) is 0 Å². The SMILES string of the molecule is Cc1ccc(-c2[nH]nc(N)c2-c2ccccc2C)c(Br)c1. The number of aryl methyl sites for hydroxylation is 2. The van der Waals surface area contributed by atoms with Gasteiger partial charge >= 0.3 is 0 Å². The summed E-state index contributed by atoms with van der Waals surface area (Å²) in [6, 6.07) is 14.4. The van der Waals surface area contributed by atoms with Crippen molar-refractivity contribution in [2.24, 2.45) is 0 Å². The summed E-state index contributed by atoms with van der Waals surface area (Å²) in [4.78, 5) is 0. The average molecular weight is 342 g/mol. The fourth-order valence-corrected chi connectivity index (χ4v) is 3.19. The molecule has 0 saturated carbocycles. The first-order valence-electron chi connectivity index (χ1n) is 6.74. The molecular formula is C17H16BrN3. The van der Waals surface area contributed by atoms with Crippen LogP contribution in [0.5, 0.6) is 0 Å². The number of nitrogens with zero attached hydrogens (tertiary/aromatic N) is 1. The van der Waals surface area contributed by atoms with Gasteiger partial charge in [0.1, 0.15) is 0 Å². The molecule has 0 aliphatic heterocycles. The van der Waals surface area contributed by atoms with Crippen LogP contribution in [0.25, 0.3) is 22.4 Å². The van der Waals surface area contributed by atoms with Crippen molar-refractivity contribution in [3.8, 4) is 22.4 Å². The number of rotatable bonds is 2. The summed E-state index contributed by atoms with van der Waals surface area (Å²) in [5.74, 6) is 0.520. The number of aromatic amines is 1. The van der Waals surface area contributed by atoms with Gasteiger partial charge in [0.25, 0.3) is 0 Å². The second kappa shape index (κ2) is 5.37. The van der Waals surface area contributed by atoms with E-state index in [-0.39, 0.29) is 0 Å². The van der Waals surface area contributed by atoms with Crippen molar-refractivity contribution in [3.05, 3.63) is 58.1 Å². The molecule has 3 aromatic rings. The largest absolute Gasteiger partial charge is 0.382 e. The van der Waals surface area contributed by atoms with Crippen LogP contribution in [0.2, 0.25) is 0 Å². The lowest BCUT2D eigenvalue weighted by Crippen LogP contribution is -1.91. The van der Waals surface area contributed by atoms with E-state index < -0.39 is 0 Å². The molecule has 1 heterocycles. The maximum Gasteiger partial charge on any atom is 0.153 e. The standard InChI is InChI=1S/C17H16BrN3/c1-10-7-8-13(14(18)9-10)16-15(17(19)21-20-16)12-6-4-3-5-11(12)2/h3-9H,1-2H3,(H3,19,20,21). The van der Waals surface area contributed by atoms with Crippen LogP contribution in [0.4, 0.5) is 5.82 Å². The minimum absolute atomic E-state index is 0.520. The highest BCUT2D eigenvalue weighted by molar-refractivity contribution is 9.10. The summed E-state index contributed by atoms with van der Waals surface area (Å²) in [6.45, 7) is 4.15. The topological polar surface area (TPSA) is 54.7 Å². The predicted octanol–water partition coefficient (Wildman–Crippen LogP) is 4.71. The van der Waals surface area contributed by atoms with Gasteiger partial charge in [-0.2, -0.15) is 5.10 Å². The lowest BCUT2D eigenvalue weighted by molar-refractivity contribution is 1.10. The summed E-state index contributed by atoms with van der Waals surface area (Å²) < 4.78 is 1.03. The van der Waals surface area contributed by atoms with E-state index in [1.165, 1.54) is 11.1 Å². The summed E-state index contributed by atoms with van der Waals surface area (Å²) in [5.41, 5.74) is 12.5. The lowest BCUT2D eigenvalue weighted by atomic mass is 9.97. The van der Waals surface area contributed by atoms with Gasteiger partial charge in [0.15, 0.2) is 5.82 Å². The number of nitrogen functional groups attached to an aromatic ring is 1. The van der Waals surface area contributed by atoms with E-state index in [2.05, 4.69) is 70.3 Å². The third kappa shape index (κ3) is 2.47. The van der Waals surface area contributed by atoms with E-state index in [9.17, 15) is 0 Å². The zero-order valence-electron chi connectivity index (χ0n) is 11.9.